The van der Waals surface area contributed by atoms with Gasteiger partial charge in [0.15, 0.2) is 0 Å². The van der Waals surface area contributed by atoms with E-state index >= 15 is 0 Å². The topological polar surface area (TPSA) is 99.6 Å². The van der Waals surface area contributed by atoms with Gasteiger partial charge in [-0.1, -0.05) is 15.9 Å². The first-order chi connectivity index (χ1) is 8.02. The quantitative estimate of drug-likeness (QED) is 0.588. The Morgan fingerprint density at radius 1 is 1.65 bits per heavy atom. The lowest BCUT2D eigenvalue weighted by molar-refractivity contribution is 0.190. The van der Waals surface area contributed by atoms with E-state index in [1.54, 1.807) is 6.07 Å². The number of nitrogens with one attached hydrogen (secondary N) is 2. The van der Waals surface area contributed by atoms with Gasteiger partial charge in [-0.15, -0.1) is 0 Å². The van der Waals surface area contributed by atoms with Crippen molar-refractivity contribution in [1.82, 2.24) is 10.2 Å². The Labute approximate surface area is 104 Å². The predicted molar refractivity (Wildman–Crippen MR) is 60.2 cm³/mol. The first-order valence-electron chi connectivity index (χ1n) is 4.51. The first kappa shape index (κ1) is 13.3. The summed E-state index contributed by atoms with van der Waals surface area (Å²) in [6.07, 6.45) is -1.25. The van der Waals surface area contributed by atoms with E-state index in [0.29, 0.717) is 10.0 Å². The van der Waals surface area contributed by atoms with Crippen LogP contribution in [0.1, 0.15) is 11.6 Å². The van der Waals surface area contributed by atoms with Gasteiger partial charge in [0.1, 0.15) is 23.0 Å². The van der Waals surface area contributed by atoms with Crippen molar-refractivity contribution in [2.45, 2.75) is 6.04 Å². The maximum Gasteiger partial charge on any atom is 0.405 e. The summed E-state index contributed by atoms with van der Waals surface area (Å²) in [6, 6.07) is 3.29. The average Bonchev–Trinajstić information content (AvgIpc) is 2.22. The SMILES string of the molecule is N=[N+]=NCC(NC(=O)O)c1cc(F)cc(Br)c1. The van der Waals surface area contributed by atoms with Gasteiger partial charge < -0.3 is 10.4 Å². The lowest BCUT2D eigenvalue weighted by Crippen LogP contribution is -2.28. The van der Waals surface area contributed by atoms with Crippen molar-refractivity contribution in [2.24, 2.45) is 5.11 Å². The van der Waals surface area contributed by atoms with Crippen LogP contribution in [0.3, 0.4) is 0 Å². The number of hydrogen-bond donors (Lipinski definition) is 3. The molecule has 1 rings (SSSR count). The molecule has 1 unspecified atom stereocenters. The number of amides is 1. The molecule has 17 heavy (non-hydrogen) atoms. The third-order valence-electron chi connectivity index (χ3n) is 1.92. The Bertz CT molecular complexity index is 452. The molecule has 8 heteroatoms. The Morgan fingerprint density at radius 3 is 2.88 bits per heavy atom. The molecule has 90 valence electrons. The van der Waals surface area contributed by atoms with Crippen molar-refractivity contribution in [2.75, 3.05) is 6.54 Å². The number of nitrogens with zero attached hydrogens (tertiary/aromatic N) is 2. The van der Waals surface area contributed by atoms with Gasteiger partial charge in [-0.3, -0.25) is 0 Å². The van der Waals surface area contributed by atoms with Gasteiger partial charge in [-0.05, 0) is 23.8 Å². The molecule has 0 aliphatic rings. The van der Waals surface area contributed by atoms with Gasteiger partial charge in [0.25, 0.3) is 0 Å². The number of carbonyl (C=O) groups is 1. The highest BCUT2D eigenvalue weighted by Gasteiger charge is 2.17. The lowest BCUT2D eigenvalue weighted by atomic mass is 10.1. The Hall–Kier alpha value is -1.79. The standard InChI is InChI=1S/C9H8BrFN4O2/c10-6-1-5(2-7(11)3-6)8(4-13-15-12)14-9(16)17/h1-3,8,12,14H,4H2/p+1. The summed E-state index contributed by atoms with van der Waals surface area (Å²) < 4.78 is 13.6. The molecular weight excluding hydrogens is 295 g/mol. The number of rotatable bonds is 4. The van der Waals surface area contributed by atoms with Crippen LogP contribution in [-0.2, 0) is 0 Å². The minimum Gasteiger partial charge on any atom is -0.465 e. The van der Waals surface area contributed by atoms with Crippen molar-refractivity contribution >= 4 is 22.0 Å². The second kappa shape index (κ2) is 6.07. The number of hydrogen-bond acceptors (Lipinski definition) is 3. The fourth-order valence-electron chi connectivity index (χ4n) is 1.28. The van der Waals surface area contributed by atoms with Crippen molar-refractivity contribution in [1.29, 1.82) is 5.53 Å². The molecule has 0 fully saturated rings. The average molecular weight is 304 g/mol. The summed E-state index contributed by atoms with van der Waals surface area (Å²) in [7, 11) is 0. The van der Waals surface area contributed by atoms with Crippen LogP contribution in [0.4, 0.5) is 9.18 Å². The van der Waals surface area contributed by atoms with E-state index in [2.05, 4.69) is 31.3 Å². The monoisotopic (exact) mass is 303 g/mol. The van der Waals surface area contributed by atoms with Crippen molar-refractivity contribution in [3.8, 4) is 0 Å². The zero-order valence-electron chi connectivity index (χ0n) is 8.52. The summed E-state index contributed by atoms with van der Waals surface area (Å²) in [5.41, 5.74) is 6.93. The molecule has 0 bridgehead atoms. The smallest absolute Gasteiger partial charge is 0.405 e. The van der Waals surface area contributed by atoms with E-state index in [9.17, 15) is 9.18 Å². The summed E-state index contributed by atoms with van der Waals surface area (Å²) in [5, 5.41) is 14.2. The molecule has 1 amide bonds. The second-order valence-electron chi connectivity index (χ2n) is 3.13. The lowest BCUT2D eigenvalue weighted by Gasteiger charge is -2.13. The Balaban J connectivity index is 3.01. The largest absolute Gasteiger partial charge is 0.465 e. The summed E-state index contributed by atoms with van der Waals surface area (Å²) in [6.45, 7) is -0.0638. The fourth-order valence-corrected chi connectivity index (χ4v) is 1.77. The molecule has 0 aliphatic carbocycles. The van der Waals surface area contributed by atoms with Crippen LogP contribution >= 0.6 is 15.9 Å². The Morgan fingerprint density at radius 2 is 2.35 bits per heavy atom. The molecular formula is C9H9BrFN4O2+. The van der Waals surface area contributed by atoms with Gasteiger partial charge in [0.05, 0.1) is 6.04 Å². The summed E-state index contributed by atoms with van der Waals surface area (Å²) >= 11 is 3.11. The third kappa shape index (κ3) is 4.29. The Kier molecular flexibility index (Phi) is 4.74. The van der Waals surface area contributed by atoms with E-state index in [4.69, 9.17) is 10.6 Å². The van der Waals surface area contributed by atoms with E-state index in [0.717, 1.165) is 0 Å². The molecule has 0 saturated heterocycles. The van der Waals surface area contributed by atoms with Crippen molar-refractivity contribution < 1.29 is 14.3 Å². The maximum atomic E-state index is 13.2. The van der Waals surface area contributed by atoms with Crippen LogP contribution in [0.5, 0.6) is 0 Å². The van der Waals surface area contributed by atoms with Crippen molar-refractivity contribution in [3.05, 3.63) is 34.1 Å². The minimum atomic E-state index is -1.25. The van der Waals surface area contributed by atoms with E-state index in [1.165, 1.54) is 12.1 Å². The van der Waals surface area contributed by atoms with Gasteiger partial charge >= 0.3 is 6.09 Å². The predicted octanol–water partition coefficient (Wildman–Crippen LogP) is 2.45. The highest BCUT2D eigenvalue weighted by Crippen LogP contribution is 2.20. The molecule has 0 radical (unpaired) electrons. The van der Waals surface area contributed by atoms with Crippen molar-refractivity contribution in [3.63, 3.8) is 0 Å². The maximum absolute atomic E-state index is 13.2. The molecule has 0 spiro atoms. The van der Waals surface area contributed by atoms with Crippen LogP contribution in [-0.4, -0.2) is 17.7 Å². The molecule has 1 atom stereocenters. The second-order valence-corrected chi connectivity index (χ2v) is 4.04. The van der Waals surface area contributed by atoms with Gasteiger partial charge in [0, 0.05) is 4.47 Å². The molecule has 0 heterocycles. The van der Waals surface area contributed by atoms with Gasteiger partial charge in [-0.25, -0.2) is 9.18 Å². The summed E-state index contributed by atoms with van der Waals surface area (Å²) in [5.74, 6) is -0.491. The molecule has 3 N–H and O–H groups in total. The molecule has 0 aliphatic heterocycles. The van der Waals surface area contributed by atoms with E-state index < -0.39 is 18.0 Å². The normalized spacial score (nSPS) is 11.4. The van der Waals surface area contributed by atoms with Gasteiger partial charge in [0.2, 0.25) is 4.91 Å². The minimum absolute atomic E-state index is 0.0638. The first-order valence-corrected chi connectivity index (χ1v) is 5.31. The molecule has 0 aromatic heterocycles. The molecule has 1 aromatic carbocycles. The van der Waals surface area contributed by atoms with Crippen LogP contribution in [0, 0.1) is 11.3 Å². The number of halogens is 2. The summed E-state index contributed by atoms with van der Waals surface area (Å²) in [4.78, 5) is 13.4. The van der Waals surface area contributed by atoms with Crippen LogP contribution < -0.4 is 10.2 Å². The zero-order chi connectivity index (χ0) is 12.8. The third-order valence-corrected chi connectivity index (χ3v) is 2.38. The number of carboxylic acid groups (broad SMARTS) is 1. The van der Waals surface area contributed by atoms with E-state index in [1.807, 2.05) is 0 Å². The van der Waals surface area contributed by atoms with Crippen LogP contribution in [0.2, 0.25) is 0 Å². The molecule has 1 aromatic rings. The fraction of sp³-hybridized carbons (Fsp3) is 0.222. The highest BCUT2D eigenvalue weighted by molar-refractivity contribution is 9.10. The number of benzene rings is 1. The van der Waals surface area contributed by atoms with E-state index in [-0.39, 0.29) is 6.54 Å². The molecule has 6 nitrogen and oxygen atoms in total. The van der Waals surface area contributed by atoms with Gasteiger partial charge in [-0.2, -0.15) is 0 Å². The molecule has 0 saturated carbocycles. The van der Waals surface area contributed by atoms with Crippen LogP contribution in [0.15, 0.2) is 27.8 Å². The zero-order valence-corrected chi connectivity index (χ0v) is 10.1. The van der Waals surface area contributed by atoms with Crippen LogP contribution in [0.25, 0.3) is 0 Å². The highest BCUT2D eigenvalue weighted by atomic mass is 79.9.